The van der Waals surface area contributed by atoms with Crippen LogP contribution < -0.4 is 15.0 Å². The molecular weight excluding hydrogens is 470 g/mol. The third-order valence-electron chi connectivity index (χ3n) is 7.04. The monoisotopic (exact) mass is 499 g/mol. The average Bonchev–Trinajstić information content (AvgIpc) is 3.47. The Labute approximate surface area is 214 Å². The smallest absolute Gasteiger partial charge is 0.264 e. The molecule has 190 valence electrons. The molecule has 1 amide bonds. The number of likely N-dealkylation sites (tertiary alicyclic amines) is 1. The number of fused-ring (bicyclic) bond motifs is 2. The number of hydrogen-bond donors (Lipinski definition) is 0. The topological polar surface area (TPSA) is 91.5 Å². The Bertz CT molecular complexity index is 1540. The number of amides is 1. The molecule has 9 heteroatoms. The van der Waals surface area contributed by atoms with Crippen LogP contribution >= 0.6 is 0 Å². The van der Waals surface area contributed by atoms with Crippen LogP contribution in [0.15, 0.2) is 53.7 Å². The van der Waals surface area contributed by atoms with Crippen molar-refractivity contribution in [2.24, 2.45) is 0 Å². The molecule has 2 aliphatic rings. The van der Waals surface area contributed by atoms with Gasteiger partial charge in [0, 0.05) is 13.0 Å². The number of ether oxygens (including phenoxy) is 2. The maximum absolute atomic E-state index is 13.4. The lowest BCUT2D eigenvalue weighted by molar-refractivity contribution is -0.132. The largest absolute Gasteiger partial charge is 0.490 e. The SMILES string of the molecule is Cc1cc(C)cc(-n2ncc3c(=O)n(CC(=O)N4CCC[C@H]4c4ccc5c(c4)OCCCO5)cnc32)c1. The zero-order valence-electron chi connectivity index (χ0n) is 21.0. The van der Waals surface area contributed by atoms with Crippen LogP contribution in [0.4, 0.5) is 0 Å². The molecule has 6 rings (SSSR count). The van der Waals surface area contributed by atoms with E-state index in [0.29, 0.717) is 30.8 Å². The first-order valence-electron chi connectivity index (χ1n) is 12.7. The number of hydrogen-bond acceptors (Lipinski definition) is 6. The number of aryl methyl sites for hydroxylation is 2. The van der Waals surface area contributed by atoms with E-state index in [2.05, 4.69) is 16.1 Å². The highest BCUT2D eigenvalue weighted by Gasteiger charge is 2.31. The van der Waals surface area contributed by atoms with Crippen molar-refractivity contribution in [2.45, 2.75) is 45.7 Å². The summed E-state index contributed by atoms with van der Waals surface area (Å²) in [4.78, 5) is 33.0. The standard InChI is InChI=1S/C28H29N5O4/c1-18-11-19(2)13-21(12-18)33-27-22(15-30-33)28(35)31(17-29-27)16-26(34)32-8-3-5-23(32)20-6-7-24-25(14-20)37-10-4-9-36-24/h6-7,11-15,17,23H,3-5,8-10,16H2,1-2H3/t23-/m0/s1. The first-order valence-corrected chi connectivity index (χ1v) is 12.7. The molecule has 1 atom stereocenters. The van der Waals surface area contributed by atoms with Gasteiger partial charge in [0.1, 0.15) is 18.3 Å². The molecule has 2 aromatic carbocycles. The van der Waals surface area contributed by atoms with E-state index >= 15 is 0 Å². The summed E-state index contributed by atoms with van der Waals surface area (Å²) in [5, 5.41) is 4.81. The van der Waals surface area contributed by atoms with Crippen molar-refractivity contribution in [1.82, 2.24) is 24.2 Å². The number of carbonyl (C=O) groups is 1. The van der Waals surface area contributed by atoms with Crippen LogP contribution in [0.2, 0.25) is 0 Å². The molecule has 9 nitrogen and oxygen atoms in total. The first-order chi connectivity index (χ1) is 18.0. The second-order valence-electron chi connectivity index (χ2n) is 9.82. The van der Waals surface area contributed by atoms with Crippen molar-refractivity contribution >= 4 is 16.9 Å². The van der Waals surface area contributed by atoms with Gasteiger partial charge in [-0.3, -0.25) is 14.2 Å². The van der Waals surface area contributed by atoms with E-state index in [9.17, 15) is 9.59 Å². The quantitative estimate of drug-likeness (QED) is 0.425. The molecule has 4 heterocycles. The summed E-state index contributed by atoms with van der Waals surface area (Å²) in [5.74, 6) is 1.35. The number of aromatic nitrogens is 4. The van der Waals surface area contributed by atoms with Crippen LogP contribution in [-0.2, 0) is 11.3 Å². The van der Waals surface area contributed by atoms with Crippen molar-refractivity contribution in [3.63, 3.8) is 0 Å². The van der Waals surface area contributed by atoms with Crippen molar-refractivity contribution in [3.05, 3.63) is 76.0 Å². The highest BCUT2D eigenvalue weighted by Crippen LogP contribution is 2.38. The first kappa shape index (κ1) is 23.3. The fraction of sp³-hybridized carbons (Fsp3) is 0.357. The van der Waals surface area contributed by atoms with Crippen LogP contribution in [0.5, 0.6) is 11.5 Å². The predicted molar refractivity (Wildman–Crippen MR) is 138 cm³/mol. The van der Waals surface area contributed by atoms with E-state index in [-0.39, 0.29) is 24.1 Å². The van der Waals surface area contributed by atoms with E-state index in [1.165, 1.54) is 17.1 Å². The van der Waals surface area contributed by atoms with E-state index in [1.54, 1.807) is 4.68 Å². The Hall–Kier alpha value is -4.14. The van der Waals surface area contributed by atoms with Gasteiger partial charge >= 0.3 is 0 Å². The minimum Gasteiger partial charge on any atom is -0.490 e. The van der Waals surface area contributed by atoms with Gasteiger partial charge in [-0.15, -0.1) is 0 Å². The minimum atomic E-state index is -0.277. The van der Waals surface area contributed by atoms with Crippen molar-refractivity contribution < 1.29 is 14.3 Å². The molecule has 0 N–H and O–H groups in total. The Kier molecular flexibility index (Phi) is 5.90. The summed E-state index contributed by atoms with van der Waals surface area (Å²) in [6.07, 6.45) is 5.58. The van der Waals surface area contributed by atoms with Gasteiger partial charge in [0.25, 0.3) is 5.56 Å². The highest BCUT2D eigenvalue weighted by molar-refractivity contribution is 5.78. The summed E-state index contributed by atoms with van der Waals surface area (Å²) in [5.41, 5.74) is 4.27. The van der Waals surface area contributed by atoms with Crippen LogP contribution in [0.25, 0.3) is 16.7 Å². The minimum absolute atomic E-state index is 0.0654. The van der Waals surface area contributed by atoms with Gasteiger partial charge in [0.05, 0.1) is 31.1 Å². The average molecular weight is 500 g/mol. The van der Waals surface area contributed by atoms with Crippen LogP contribution in [-0.4, -0.2) is 49.9 Å². The second kappa shape index (κ2) is 9.38. The van der Waals surface area contributed by atoms with Gasteiger partial charge in [-0.1, -0.05) is 12.1 Å². The number of nitrogens with zero attached hydrogens (tertiary/aromatic N) is 5. The summed E-state index contributed by atoms with van der Waals surface area (Å²) >= 11 is 0. The Balaban J connectivity index is 1.25. The van der Waals surface area contributed by atoms with Crippen LogP contribution in [0.3, 0.4) is 0 Å². The van der Waals surface area contributed by atoms with E-state index in [4.69, 9.17) is 9.47 Å². The molecule has 4 aromatic rings. The third-order valence-corrected chi connectivity index (χ3v) is 7.04. The molecule has 1 saturated heterocycles. The maximum Gasteiger partial charge on any atom is 0.264 e. The Morgan fingerprint density at radius 1 is 1.03 bits per heavy atom. The molecule has 0 bridgehead atoms. The molecule has 0 radical (unpaired) electrons. The predicted octanol–water partition coefficient (Wildman–Crippen LogP) is 3.72. The molecule has 0 saturated carbocycles. The fourth-order valence-corrected chi connectivity index (χ4v) is 5.36. The molecule has 0 aliphatic carbocycles. The molecule has 37 heavy (non-hydrogen) atoms. The molecular formula is C28H29N5O4. The summed E-state index contributed by atoms with van der Waals surface area (Å²) in [6.45, 7) is 5.86. The molecule has 2 aliphatic heterocycles. The Morgan fingerprint density at radius 3 is 2.62 bits per heavy atom. The fourth-order valence-electron chi connectivity index (χ4n) is 5.36. The zero-order chi connectivity index (χ0) is 25.5. The van der Waals surface area contributed by atoms with Crippen LogP contribution in [0.1, 0.15) is 42.0 Å². The lowest BCUT2D eigenvalue weighted by atomic mass is 10.0. The molecule has 0 spiro atoms. The van der Waals surface area contributed by atoms with Gasteiger partial charge < -0.3 is 14.4 Å². The highest BCUT2D eigenvalue weighted by atomic mass is 16.5. The summed E-state index contributed by atoms with van der Waals surface area (Å²) in [7, 11) is 0. The lowest BCUT2D eigenvalue weighted by Crippen LogP contribution is -2.36. The third kappa shape index (κ3) is 4.34. The number of benzene rings is 2. The van der Waals surface area contributed by atoms with E-state index in [1.807, 2.05) is 49.1 Å². The van der Waals surface area contributed by atoms with Crippen LogP contribution in [0, 0.1) is 13.8 Å². The number of rotatable bonds is 4. The van der Waals surface area contributed by atoms with Gasteiger partial charge in [0.15, 0.2) is 17.1 Å². The van der Waals surface area contributed by atoms with Gasteiger partial charge in [-0.05, 0) is 67.6 Å². The molecule has 0 unspecified atom stereocenters. The van der Waals surface area contributed by atoms with Crippen molar-refractivity contribution in [2.75, 3.05) is 19.8 Å². The maximum atomic E-state index is 13.4. The van der Waals surface area contributed by atoms with E-state index in [0.717, 1.165) is 53.1 Å². The number of carbonyl (C=O) groups excluding carboxylic acids is 1. The summed E-state index contributed by atoms with van der Waals surface area (Å²) in [6, 6.07) is 11.9. The van der Waals surface area contributed by atoms with Gasteiger partial charge in [-0.25, -0.2) is 9.67 Å². The normalized spacial score (nSPS) is 17.2. The second-order valence-corrected chi connectivity index (χ2v) is 9.82. The molecule has 1 fully saturated rings. The summed E-state index contributed by atoms with van der Waals surface area (Å²) < 4.78 is 14.7. The van der Waals surface area contributed by atoms with Gasteiger partial charge in [0.2, 0.25) is 5.91 Å². The molecule has 2 aromatic heterocycles. The Morgan fingerprint density at radius 2 is 1.81 bits per heavy atom. The van der Waals surface area contributed by atoms with Crippen molar-refractivity contribution in [1.29, 1.82) is 0 Å². The van der Waals surface area contributed by atoms with E-state index < -0.39 is 0 Å². The van der Waals surface area contributed by atoms with Gasteiger partial charge in [-0.2, -0.15) is 5.10 Å². The van der Waals surface area contributed by atoms with Crippen molar-refractivity contribution in [3.8, 4) is 17.2 Å². The zero-order valence-corrected chi connectivity index (χ0v) is 21.0. The lowest BCUT2D eigenvalue weighted by Gasteiger charge is -2.26.